The van der Waals surface area contributed by atoms with E-state index in [1.54, 1.807) is 0 Å². The molecule has 0 aliphatic rings. The monoisotopic (exact) mass is 725 g/mol. The second-order valence-corrected chi connectivity index (χ2v) is 15.9. The van der Waals surface area contributed by atoms with E-state index in [1.807, 2.05) is 0 Å². The van der Waals surface area contributed by atoms with E-state index in [0.717, 1.165) is 25.7 Å². The Balaban J connectivity index is 3.33. The largest absolute Gasteiger partial charge is 0.481 e. The minimum atomic E-state index is -2.79. The average molecular weight is 725 g/mol. The maximum Gasteiger partial charge on any atom is 0.337 e. The normalized spacial score (nSPS) is 13.3. The Morgan fingerprint density at radius 1 is 0.392 bits per heavy atom. The van der Waals surface area contributed by atoms with Gasteiger partial charge in [-0.2, -0.15) is 0 Å². The molecule has 0 aromatic heterocycles. The predicted octanol–water partition coefficient (Wildman–Crippen LogP) is 13.4. The summed E-state index contributed by atoms with van der Waals surface area (Å²) >= 11 is 0. The lowest BCUT2D eigenvalue weighted by Gasteiger charge is -2.28. The van der Waals surface area contributed by atoms with Gasteiger partial charge in [0.2, 0.25) is 0 Å². The molecular weight excluding hydrogens is 640 g/mol. The van der Waals surface area contributed by atoms with E-state index in [1.165, 1.54) is 199 Å². The van der Waals surface area contributed by atoms with Gasteiger partial charge in [-0.05, 0) is 6.42 Å². The Hall–Kier alpha value is -1.63. The van der Waals surface area contributed by atoms with E-state index in [-0.39, 0.29) is 6.42 Å². The van der Waals surface area contributed by atoms with E-state index in [0.29, 0.717) is 6.42 Å². The van der Waals surface area contributed by atoms with Crippen LogP contribution in [0, 0.1) is 5.92 Å². The molecule has 0 heterocycles. The average Bonchev–Trinajstić information content (AvgIpc) is 3.09. The number of aliphatic hydroxyl groups is 1. The Morgan fingerprint density at radius 3 is 0.784 bits per heavy atom. The Kier molecular flexibility index (Phi) is 35.5. The number of hydrogen-bond donors (Lipinski definition) is 4. The van der Waals surface area contributed by atoms with Crippen LogP contribution in [0.25, 0.3) is 0 Å². The molecule has 0 saturated carbocycles. The molecule has 0 amide bonds. The minimum Gasteiger partial charge on any atom is -0.481 e. The fourth-order valence-electron chi connectivity index (χ4n) is 7.58. The van der Waals surface area contributed by atoms with Crippen molar-refractivity contribution in [2.24, 2.45) is 5.92 Å². The molecular formula is C44H84O7. The first-order chi connectivity index (χ1) is 24.8. The first-order valence-electron chi connectivity index (χ1n) is 22.2. The van der Waals surface area contributed by atoms with Gasteiger partial charge >= 0.3 is 17.9 Å². The van der Waals surface area contributed by atoms with Crippen LogP contribution >= 0.6 is 0 Å². The number of unbranched alkanes of at least 4 members (excludes halogenated alkanes) is 35. The zero-order valence-electron chi connectivity index (χ0n) is 33.5. The highest BCUT2D eigenvalue weighted by molar-refractivity contribution is 5.89. The molecule has 0 aromatic carbocycles. The number of hydrogen-bond acceptors (Lipinski definition) is 4. The summed E-state index contributed by atoms with van der Waals surface area (Å²) in [5.74, 6) is -6.45. The summed E-state index contributed by atoms with van der Waals surface area (Å²) in [6, 6.07) is 0. The highest BCUT2D eigenvalue weighted by Crippen LogP contribution is 2.28. The first-order valence-corrected chi connectivity index (χ1v) is 22.2. The summed E-state index contributed by atoms with van der Waals surface area (Å²) in [7, 11) is 0. The summed E-state index contributed by atoms with van der Waals surface area (Å²) in [4.78, 5) is 33.9. The van der Waals surface area contributed by atoms with Crippen LogP contribution in [0.3, 0.4) is 0 Å². The molecule has 0 saturated heterocycles. The number of carboxylic acid groups (broad SMARTS) is 3. The quantitative estimate of drug-likeness (QED) is 0.0461. The third-order valence-electron chi connectivity index (χ3n) is 11.0. The molecule has 51 heavy (non-hydrogen) atoms. The fourth-order valence-corrected chi connectivity index (χ4v) is 7.58. The maximum absolute atomic E-state index is 11.5. The van der Waals surface area contributed by atoms with E-state index in [9.17, 15) is 29.7 Å². The molecule has 0 spiro atoms. The van der Waals surface area contributed by atoms with Crippen LogP contribution in [-0.4, -0.2) is 43.9 Å². The van der Waals surface area contributed by atoms with Gasteiger partial charge in [-0.1, -0.05) is 238 Å². The van der Waals surface area contributed by atoms with Crippen LogP contribution in [-0.2, 0) is 14.4 Å². The van der Waals surface area contributed by atoms with Crippen molar-refractivity contribution in [2.75, 3.05) is 0 Å². The molecule has 2 unspecified atom stereocenters. The molecule has 2 atom stereocenters. The summed E-state index contributed by atoms with van der Waals surface area (Å²) in [6.45, 7) is 2.29. The molecule has 302 valence electrons. The van der Waals surface area contributed by atoms with Crippen molar-refractivity contribution in [1.29, 1.82) is 0 Å². The van der Waals surface area contributed by atoms with Crippen LogP contribution in [0.4, 0.5) is 0 Å². The molecule has 0 bridgehead atoms. The zero-order chi connectivity index (χ0) is 37.7. The summed E-state index contributed by atoms with van der Waals surface area (Å²) in [5.41, 5.74) is -2.79. The standard InChI is InChI=1S/C44H84O7/c1-2-3-4-5-6-7-8-9-10-11-12-13-14-15-16-17-18-19-20-21-22-23-24-25-26-27-28-29-30-31-32-33-34-35-36-37-38-40(42(47)48)44(51,43(49)50)39-41(45)46/h40,51H,2-39H2,1H3,(H,45,46)(H,47,48)(H,49,50). The summed E-state index contributed by atoms with van der Waals surface area (Å²) in [6.07, 6.45) is 46.8. The second kappa shape index (κ2) is 36.7. The zero-order valence-corrected chi connectivity index (χ0v) is 33.5. The van der Waals surface area contributed by atoms with Crippen LogP contribution in [0.5, 0.6) is 0 Å². The topological polar surface area (TPSA) is 132 Å². The van der Waals surface area contributed by atoms with Crippen molar-refractivity contribution in [1.82, 2.24) is 0 Å². The van der Waals surface area contributed by atoms with E-state index >= 15 is 0 Å². The maximum atomic E-state index is 11.5. The van der Waals surface area contributed by atoms with Gasteiger partial charge in [0, 0.05) is 0 Å². The van der Waals surface area contributed by atoms with Crippen LogP contribution in [0.15, 0.2) is 0 Å². The third kappa shape index (κ3) is 31.6. The van der Waals surface area contributed by atoms with Gasteiger partial charge in [0.25, 0.3) is 0 Å². The molecule has 0 rings (SSSR count). The van der Waals surface area contributed by atoms with Crippen molar-refractivity contribution >= 4 is 17.9 Å². The predicted molar refractivity (Wildman–Crippen MR) is 212 cm³/mol. The molecule has 0 fully saturated rings. The van der Waals surface area contributed by atoms with Crippen molar-refractivity contribution < 1.29 is 34.8 Å². The molecule has 7 nitrogen and oxygen atoms in total. The third-order valence-corrected chi connectivity index (χ3v) is 11.0. The molecule has 0 aliphatic heterocycles. The van der Waals surface area contributed by atoms with E-state index in [2.05, 4.69) is 6.92 Å². The summed E-state index contributed by atoms with van der Waals surface area (Å²) < 4.78 is 0. The van der Waals surface area contributed by atoms with Crippen molar-refractivity contribution in [3.8, 4) is 0 Å². The number of aliphatic carboxylic acids is 3. The molecule has 0 radical (unpaired) electrons. The van der Waals surface area contributed by atoms with E-state index < -0.39 is 35.8 Å². The lowest BCUT2D eigenvalue weighted by molar-refractivity contribution is -0.179. The number of carbonyl (C=O) groups is 3. The Bertz CT molecular complexity index is 800. The van der Waals surface area contributed by atoms with E-state index in [4.69, 9.17) is 5.11 Å². The van der Waals surface area contributed by atoms with Gasteiger partial charge in [0.1, 0.15) is 0 Å². The SMILES string of the molecule is CCCCCCCCCCCCCCCCCCCCCCCCCCCCCCCCCCCCCCC(C(=O)O)C(O)(CC(=O)O)C(=O)O. The lowest BCUT2D eigenvalue weighted by atomic mass is 9.81. The summed E-state index contributed by atoms with van der Waals surface area (Å²) in [5, 5.41) is 37.8. The second-order valence-electron chi connectivity index (χ2n) is 15.9. The van der Waals surface area contributed by atoms with Crippen LogP contribution < -0.4 is 0 Å². The van der Waals surface area contributed by atoms with Crippen LogP contribution in [0.2, 0.25) is 0 Å². The van der Waals surface area contributed by atoms with Crippen molar-refractivity contribution in [3.05, 3.63) is 0 Å². The number of rotatable bonds is 42. The molecule has 4 N–H and O–H groups in total. The molecule has 7 heteroatoms. The Labute approximate surface area is 314 Å². The van der Waals surface area contributed by atoms with Crippen molar-refractivity contribution in [2.45, 2.75) is 257 Å². The fraction of sp³-hybridized carbons (Fsp3) is 0.932. The van der Waals surface area contributed by atoms with Gasteiger partial charge in [0.15, 0.2) is 5.60 Å². The van der Waals surface area contributed by atoms with Gasteiger partial charge < -0.3 is 20.4 Å². The smallest absolute Gasteiger partial charge is 0.337 e. The highest BCUT2D eigenvalue weighted by atomic mass is 16.4. The van der Waals surface area contributed by atoms with Crippen LogP contribution in [0.1, 0.15) is 251 Å². The van der Waals surface area contributed by atoms with Gasteiger partial charge in [-0.15, -0.1) is 0 Å². The number of carboxylic acids is 3. The van der Waals surface area contributed by atoms with Gasteiger partial charge in [-0.25, -0.2) is 4.79 Å². The highest BCUT2D eigenvalue weighted by Gasteiger charge is 2.49. The van der Waals surface area contributed by atoms with Gasteiger partial charge in [0.05, 0.1) is 12.3 Å². The van der Waals surface area contributed by atoms with Gasteiger partial charge in [-0.3, -0.25) is 9.59 Å². The minimum absolute atomic E-state index is 0.0505. The Morgan fingerprint density at radius 2 is 0.608 bits per heavy atom. The first kappa shape index (κ1) is 49.4. The lowest BCUT2D eigenvalue weighted by Crippen LogP contribution is -2.50. The molecule has 0 aromatic rings. The molecule has 0 aliphatic carbocycles. The van der Waals surface area contributed by atoms with Crippen molar-refractivity contribution in [3.63, 3.8) is 0 Å².